The molecule has 0 unspecified atom stereocenters. The van der Waals surface area contributed by atoms with Crippen LogP contribution in [0.15, 0.2) is 59.3 Å². The molecule has 0 saturated heterocycles. The van der Waals surface area contributed by atoms with Crippen LogP contribution in [0.4, 0.5) is 0 Å². The second kappa shape index (κ2) is 17.3. The quantitative estimate of drug-likeness (QED) is 0.0536. The average Bonchev–Trinajstić information content (AvgIpc) is 3.82. The number of hydrogen-bond donors (Lipinski definition) is 0. The number of benzene rings is 3. The molecular weight excluding hydrogens is 601 g/mol. The molecule has 0 aliphatic rings. The van der Waals surface area contributed by atoms with Crippen molar-refractivity contribution >= 4 is 44.2 Å². The predicted octanol–water partition coefficient (Wildman–Crippen LogP) is 12.9. The number of rotatable bonds is 18. The predicted molar refractivity (Wildman–Crippen MR) is 202 cm³/mol. The Morgan fingerprint density at radius 3 is 1.33 bits per heavy atom. The van der Waals surface area contributed by atoms with Gasteiger partial charge in [-0.15, -0.1) is 35.5 Å². The molecule has 5 rings (SSSR count). The zero-order chi connectivity index (χ0) is 32.1. The molecule has 0 aliphatic carbocycles. The van der Waals surface area contributed by atoms with Crippen LogP contribution in [0.5, 0.6) is 11.5 Å². The van der Waals surface area contributed by atoms with Crippen LogP contribution >= 0.6 is 22.7 Å². The van der Waals surface area contributed by atoms with Crippen molar-refractivity contribution in [3.63, 3.8) is 0 Å². The van der Waals surface area contributed by atoms with Gasteiger partial charge in [0.25, 0.3) is 0 Å². The Hall–Kier alpha value is -3.70. The third-order valence-electron chi connectivity index (χ3n) is 8.67. The number of hydrogen-bond acceptors (Lipinski definition) is 4. The summed E-state index contributed by atoms with van der Waals surface area (Å²) >= 11 is 3.41. The van der Waals surface area contributed by atoms with Crippen LogP contribution in [0.2, 0.25) is 0 Å². The monoisotopic (exact) mass is 646 g/mol. The topological polar surface area (TPSA) is 18.5 Å². The fraction of sp³-hybridized carbons (Fsp3) is 0.381. The second-order valence-electron chi connectivity index (χ2n) is 12.0. The van der Waals surface area contributed by atoms with Crippen molar-refractivity contribution in [3.8, 4) is 57.1 Å². The number of terminal acetylenes is 2. The lowest BCUT2D eigenvalue weighted by Crippen LogP contribution is -2.05. The zero-order valence-corrected chi connectivity index (χ0v) is 29.1. The highest BCUT2D eigenvalue weighted by molar-refractivity contribution is 7.13. The van der Waals surface area contributed by atoms with Gasteiger partial charge in [-0.05, 0) is 70.8 Å². The maximum atomic E-state index is 6.74. The summed E-state index contributed by atoms with van der Waals surface area (Å²) < 4.78 is 13.5. The zero-order valence-electron chi connectivity index (χ0n) is 27.5. The van der Waals surface area contributed by atoms with Gasteiger partial charge in [-0.3, -0.25) is 0 Å². The molecule has 3 aromatic carbocycles. The maximum absolute atomic E-state index is 6.74. The van der Waals surface area contributed by atoms with Crippen molar-refractivity contribution in [2.24, 2.45) is 0 Å². The van der Waals surface area contributed by atoms with E-state index in [1.165, 1.54) is 51.4 Å². The first-order valence-electron chi connectivity index (χ1n) is 17.1. The normalized spacial score (nSPS) is 11.1. The van der Waals surface area contributed by atoms with E-state index < -0.39 is 0 Å². The van der Waals surface area contributed by atoms with Gasteiger partial charge in [-0.2, -0.15) is 0 Å². The molecule has 0 spiro atoms. The van der Waals surface area contributed by atoms with Crippen molar-refractivity contribution in [3.05, 3.63) is 70.4 Å². The summed E-state index contributed by atoms with van der Waals surface area (Å²) in [6.45, 7) is 5.77. The van der Waals surface area contributed by atoms with Gasteiger partial charge in [0.15, 0.2) is 11.5 Å². The van der Waals surface area contributed by atoms with Crippen LogP contribution in [0.1, 0.15) is 102 Å². The van der Waals surface area contributed by atoms with Crippen LogP contribution in [-0.4, -0.2) is 13.2 Å². The van der Waals surface area contributed by atoms with Gasteiger partial charge < -0.3 is 9.47 Å². The van der Waals surface area contributed by atoms with Crippen LogP contribution in [0.3, 0.4) is 0 Å². The van der Waals surface area contributed by atoms with Gasteiger partial charge in [-0.25, -0.2) is 0 Å². The van der Waals surface area contributed by atoms with E-state index in [-0.39, 0.29) is 0 Å². The number of fused-ring (bicyclic) bond motifs is 3. The fourth-order valence-electron chi connectivity index (χ4n) is 6.18. The van der Waals surface area contributed by atoms with E-state index in [2.05, 4.69) is 85.0 Å². The minimum Gasteiger partial charge on any atom is -0.489 e. The van der Waals surface area contributed by atoms with E-state index >= 15 is 0 Å². The van der Waals surface area contributed by atoms with Crippen LogP contribution in [-0.2, 0) is 0 Å². The van der Waals surface area contributed by atoms with E-state index in [1.807, 2.05) is 0 Å². The number of unbranched alkanes of at least 4 members (excludes halogenated alkanes) is 10. The van der Waals surface area contributed by atoms with Gasteiger partial charge >= 0.3 is 0 Å². The molecule has 2 nitrogen and oxygen atoms in total. The van der Waals surface area contributed by atoms with Crippen molar-refractivity contribution in [2.75, 3.05) is 13.2 Å². The first kappa shape index (κ1) is 33.7. The minimum absolute atomic E-state index is 0.632. The number of ether oxygens (including phenoxy) is 2. The molecule has 2 heterocycles. The summed E-state index contributed by atoms with van der Waals surface area (Å²) in [4.78, 5) is 2.30. The molecule has 0 N–H and O–H groups in total. The van der Waals surface area contributed by atoms with Gasteiger partial charge in [-0.1, -0.05) is 102 Å². The lowest BCUT2D eigenvalue weighted by molar-refractivity contribution is 0.263. The van der Waals surface area contributed by atoms with E-state index in [1.54, 1.807) is 22.7 Å². The summed E-state index contributed by atoms with van der Waals surface area (Å²) in [6, 6.07) is 17.2. The van der Waals surface area contributed by atoms with Crippen molar-refractivity contribution in [2.45, 2.75) is 90.9 Å². The van der Waals surface area contributed by atoms with E-state index in [0.717, 1.165) is 90.7 Å². The largest absolute Gasteiger partial charge is 0.489 e. The summed E-state index contributed by atoms with van der Waals surface area (Å²) in [5.74, 6) is 7.52. The highest BCUT2D eigenvalue weighted by atomic mass is 32.1. The molecule has 0 atom stereocenters. The molecule has 0 saturated carbocycles. The Labute approximate surface area is 284 Å². The lowest BCUT2D eigenvalue weighted by Gasteiger charge is -2.21. The SMILES string of the molecule is C#Cc1cc2c(OCCCCCCCC)c(OCCCCCCCC)c3cc(C#C)c(-c4cccs4)cc3c2cc1-c1cccs1. The molecule has 2 aromatic heterocycles. The van der Waals surface area contributed by atoms with Crippen LogP contribution < -0.4 is 9.47 Å². The highest BCUT2D eigenvalue weighted by Crippen LogP contribution is 2.48. The molecule has 5 aromatic rings. The summed E-state index contributed by atoms with van der Waals surface area (Å²) in [5.41, 5.74) is 3.85. The third-order valence-corrected chi connectivity index (χ3v) is 10.5. The second-order valence-corrected chi connectivity index (χ2v) is 13.9. The number of thiophene rings is 2. The molecule has 0 aliphatic heterocycles. The van der Waals surface area contributed by atoms with Crippen molar-refractivity contribution < 1.29 is 9.47 Å². The van der Waals surface area contributed by atoms with Gasteiger partial charge in [0.2, 0.25) is 0 Å². The van der Waals surface area contributed by atoms with Crippen LogP contribution in [0.25, 0.3) is 42.4 Å². The smallest absolute Gasteiger partial charge is 0.169 e. The van der Waals surface area contributed by atoms with E-state index in [9.17, 15) is 0 Å². The summed E-state index contributed by atoms with van der Waals surface area (Å²) in [5, 5.41) is 8.39. The standard InChI is InChI=1S/C42H46O2S2/c1-5-9-11-13-15-17-23-43-41-37-27-31(7-3)33(39-21-19-25-45-39)29-35(37)36-30-34(40-22-20-26-46-40)32(8-4)28-38(36)42(41)44-24-18-16-14-12-10-6-2/h3-4,19-22,25-30H,5-6,9-18,23-24H2,1-2H3. The maximum Gasteiger partial charge on any atom is 0.169 e. The molecule has 0 fully saturated rings. The molecule has 0 bridgehead atoms. The van der Waals surface area contributed by atoms with Gasteiger partial charge in [0.05, 0.1) is 13.2 Å². The molecular formula is C42H46O2S2. The fourth-order valence-corrected chi connectivity index (χ4v) is 7.69. The summed E-state index contributed by atoms with van der Waals surface area (Å²) in [6.07, 6.45) is 26.7. The van der Waals surface area contributed by atoms with E-state index in [0.29, 0.717) is 13.2 Å². The molecule has 46 heavy (non-hydrogen) atoms. The Balaban J connectivity index is 1.65. The Morgan fingerprint density at radius 2 is 0.957 bits per heavy atom. The Bertz CT molecular complexity index is 1650. The highest BCUT2D eigenvalue weighted by Gasteiger charge is 2.22. The van der Waals surface area contributed by atoms with E-state index in [4.69, 9.17) is 22.3 Å². The van der Waals surface area contributed by atoms with Gasteiger partial charge in [0.1, 0.15) is 0 Å². The van der Waals surface area contributed by atoms with Gasteiger partial charge in [0, 0.05) is 42.8 Å². The minimum atomic E-state index is 0.632. The van der Waals surface area contributed by atoms with Crippen LogP contribution in [0, 0.1) is 24.7 Å². The summed E-state index contributed by atoms with van der Waals surface area (Å²) in [7, 11) is 0. The Kier molecular flexibility index (Phi) is 12.6. The molecule has 0 amide bonds. The lowest BCUT2D eigenvalue weighted by atomic mass is 9.91. The average molecular weight is 647 g/mol. The first-order valence-corrected chi connectivity index (χ1v) is 18.8. The Morgan fingerprint density at radius 1 is 0.543 bits per heavy atom. The first-order chi connectivity index (χ1) is 22.7. The van der Waals surface area contributed by atoms with Crippen molar-refractivity contribution in [1.29, 1.82) is 0 Å². The molecule has 238 valence electrons. The third kappa shape index (κ3) is 7.98. The molecule has 0 radical (unpaired) electrons. The molecule has 4 heteroatoms. The van der Waals surface area contributed by atoms with Crippen molar-refractivity contribution in [1.82, 2.24) is 0 Å².